The number of amides is 1. The van der Waals surface area contributed by atoms with Crippen LogP contribution >= 0.6 is 0 Å². The van der Waals surface area contributed by atoms with Crippen molar-refractivity contribution >= 4 is 17.7 Å². The Hall–Kier alpha value is -2.93. The Morgan fingerprint density at radius 2 is 1.97 bits per heavy atom. The zero-order chi connectivity index (χ0) is 21.9. The molecule has 1 aromatic carbocycles. The molecule has 2 aromatic rings. The number of aliphatic carboxylic acids is 1. The number of nitrogens with one attached hydrogen (secondary N) is 2. The zero-order valence-electron chi connectivity index (χ0n) is 17.8. The number of fused-ring (bicyclic) bond motifs is 1. The average Bonchev–Trinajstić information content (AvgIpc) is 2.78. The van der Waals surface area contributed by atoms with Crippen molar-refractivity contribution in [2.24, 2.45) is 0 Å². The van der Waals surface area contributed by atoms with Crippen LogP contribution in [0.5, 0.6) is 0 Å². The fourth-order valence-corrected chi connectivity index (χ4v) is 3.61. The van der Waals surface area contributed by atoms with Crippen LogP contribution in [0.4, 0.5) is 5.82 Å². The number of pyridine rings is 1. The quantitative estimate of drug-likeness (QED) is 0.452. The summed E-state index contributed by atoms with van der Waals surface area (Å²) in [7, 11) is 0. The van der Waals surface area contributed by atoms with E-state index >= 15 is 0 Å². The van der Waals surface area contributed by atoms with Gasteiger partial charge in [0.15, 0.2) is 0 Å². The number of unbranched alkanes of at least 4 members (excludes halogenated alkanes) is 1. The molecule has 0 unspecified atom stereocenters. The van der Waals surface area contributed by atoms with Crippen molar-refractivity contribution in [3.05, 3.63) is 59.3 Å². The minimum absolute atomic E-state index is 0.164. The first-order chi connectivity index (χ1) is 15.1. The van der Waals surface area contributed by atoms with Crippen molar-refractivity contribution in [3.8, 4) is 0 Å². The monoisotopic (exact) mass is 425 g/mol. The maximum Gasteiger partial charge on any atom is 0.326 e. The number of hydrogen-bond donors (Lipinski definition) is 3. The Kier molecular flexibility index (Phi) is 8.84. The number of carboxylic acid groups (broad SMARTS) is 1. The van der Waals surface area contributed by atoms with Gasteiger partial charge >= 0.3 is 5.97 Å². The van der Waals surface area contributed by atoms with Crippen molar-refractivity contribution < 1.29 is 19.4 Å². The van der Waals surface area contributed by atoms with E-state index < -0.39 is 12.0 Å². The van der Waals surface area contributed by atoms with Gasteiger partial charge in [-0.3, -0.25) is 4.79 Å². The summed E-state index contributed by atoms with van der Waals surface area (Å²) in [6, 6.07) is 12.6. The van der Waals surface area contributed by atoms with E-state index in [0.717, 1.165) is 55.7 Å². The number of rotatable bonds is 12. The van der Waals surface area contributed by atoms with E-state index in [1.165, 1.54) is 5.56 Å². The second-order valence-corrected chi connectivity index (χ2v) is 7.82. The molecule has 31 heavy (non-hydrogen) atoms. The Bertz CT molecular complexity index is 857. The summed E-state index contributed by atoms with van der Waals surface area (Å²) in [6.07, 6.45) is 5.39. The van der Waals surface area contributed by atoms with Crippen LogP contribution in [0.1, 0.15) is 42.5 Å². The van der Waals surface area contributed by atoms with Crippen molar-refractivity contribution in [2.75, 3.05) is 25.1 Å². The molecule has 0 radical (unpaired) electrons. The molecule has 7 nitrogen and oxygen atoms in total. The van der Waals surface area contributed by atoms with Gasteiger partial charge in [0.25, 0.3) is 0 Å². The Morgan fingerprint density at radius 1 is 1.13 bits per heavy atom. The first-order valence-corrected chi connectivity index (χ1v) is 11.0. The zero-order valence-corrected chi connectivity index (χ0v) is 17.8. The molecule has 1 amide bonds. The minimum Gasteiger partial charge on any atom is -0.480 e. The van der Waals surface area contributed by atoms with Gasteiger partial charge < -0.3 is 20.5 Å². The van der Waals surface area contributed by atoms with Gasteiger partial charge in [0.05, 0.1) is 6.42 Å². The van der Waals surface area contributed by atoms with Crippen LogP contribution in [0.25, 0.3) is 0 Å². The highest BCUT2D eigenvalue weighted by Gasteiger charge is 2.19. The molecule has 3 N–H and O–H groups in total. The standard InChI is InChI=1S/C24H31N3O4/c28-22(17-18-7-2-1-3-8-18)27-21(24(29)30)13-16-31-15-5-4-10-20-12-11-19-9-6-14-25-23(19)26-20/h1-3,7-8,11-12,21H,4-6,9-10,13-17H2,(H,25,26)(H,27,28)(H,29,30)/t21-/m0/s1. The van der Waals surface area contributed by atoms with Gasteiger partial charge in [-0.2, -0.15) is 0 Å². The van der Waals surface area contributed by atoms with Crippen LogP contribution in [-0.4, -0.2) is 47.8 Å². The van der Waals surface area contributed by atoms with Crippen LogP contribution in [0, 0.1) is 0 Å². The number of carbonyl (C=O) groups excluding carboxylic acids is 1. The van der Waals surface area contributed by atoms with Crippen molar-refractivity contribution in [1.82, 2.24) is 10.3 Å². The Balaban J connectivity index is 1.29. The van der Waals surface area contributed by atoms with E-state index in [1.54, 1.807) is 0 Å². The summed E-state index contributed by atoms with van der Waals surface area (Å²) >= 11 is 0. The van der Waals surface area contributed by atoms with Gasteiger partial charge in [-0.05, 0) is 49.3 Å². The third kappa shape index (κ3) is 7.68. The van der Waals surface area contributed by atoms with Gasteiger partial charge in [0.2, 0.25) is 5.91 Å². The summed E-state index contributed by atoms with van der Waals surface area (Å²) < 4.78 is 5.60. The summed E-state index contributed by atoms with van der Waals surface area (Å²) in [4.78, 5) is 28.2. The Morgan fingerprint density at radius 3 is 2.77 bits per heavy atom. The second-order valence-electron chi connectivity index (χ2n) is 7.82. The van der Waals surface area contributed by atoms with Gasteiger partial charge in [0, 0.05) is 31.9 Å². The predicted molar refractivity (Wildman–Crippen MR) is 119 cm³/mol. The fourth-order valence-electron chi connectivity index (χ4n) is 3.61. The number of benzene rings is 1. The van der Waals surface area contributed by atoms with E-state index in [0.29, 0.717) is 13.2 Å². The number of carboxylic acids is 1. The number of aromatic nitrogens is 1. The van der Waals surface area contributed by atoms with Crippen molar-refractivity contribution in [2.45, 2.75) is 51.0 Å². The number of ether oxygens (including phenoxy) is 1. The maximum absolute atomic E-state index is 12.1. The summed E-state index contributed by atoms with van der Waals surface area (Å²) in [5, 5.41) is 15.3. The molecule has 166 valence electrons. The molecule has 1 atom stereocenters. The van der Waals surface area contributed by atoms with Crippen molar-refractivity contribution in [1.29, 1.82) is 0 Å². The van der Waals surface area contributed by atoms with E-state index in [9.17, 15) is 14.7 Å². The molecule has 0 saturated heterocycles. The van der Waals surface area contributed by atoms with Gasteiger partial charge in [-0.15, -0.1) is 0 Å². The molecule has 1 aliphatic rings. The molecular weight excluding hydrogens is 394 g/mol. The Labute approximate surface area is 183 Å². The minimum atomic E-state index is -1.04. The van der Waals surface area contributed by atoms with E-state index in [2.05, 4.69) is 27.8 Å². The molecule has 0 bridgehead atoms. The molecule has 1 aromatic heterocycles. The summed E-state index contributed by atoms with van der Waals surface area (Å²) in [5.74, 6) is -0.322. The molecule has 0 spiro atoms. The van der Waals surface area contributed by atoms with E-state index in [4.69, 9.17) is 4.74 Å². The number of aryl methyl sites for hydroxylation is 2. The molecule has 1 aliphatic heterocycles. The molecule has 7 heteroatoms. The first-order valence-electron chi connectivity index (χ1n) is 11.0. The third-order valence-corrected chi connectivity index (χ3v) is 5.32. The lowest BCUT2D eigenvalue weighted by Gasteiger charge is -2.17. The SMILES string of the molecule is O=C(Cc1ccccc1)N[C@@H](CCOCCCCc1ccc2c(n1)NCCC2)C(=O)O. The third-order valence-electron chi connectivity index (χ3n) is 5.32. The largest absolute Gasteiger partial charge is 0.480 e. The van der Waals surface area contributed by atoms with Crippen LogP contribution < -0.4 is 10.6 Å². The molecular formula is C24H31N3O4. The smallest absolute Gasteiger partial charge is 0.326 e. The molecule has 3 rings (SSSR count). The topological polar surface area (TPSA) is 101 Å². The normalized spacial score (nSPS) is 13.7. The lowest BCUT2D eigenvalue weighted by molar-refractivity contribution is -0.142. The van der Waals surface area contributed by atoms with Gasteiger partial charge in [-0.1, -0.05) is 36.4 Å². The van der Waals surface area contributed by atoms with Crippen molar-refractivity contribution in [3.63, 3.8) is 0 Å². The van der Waals surface area contributed by atoms with Crippen LogP contribution in [-0.2, 0) is 33.6 Å². The molecule has 0 aliphatic carbocycles. The summed E-state index contributed by atoms with van der Waals surface area (Å²) in [5.41, 5.74) is 3.23. The lowest BCUT2D eigenvalue weighted by atomic mass is 10.1. The lowest BCUT2D eigenvalue weighted by Crippen LogP contribution is -2.42. The van der Waals surface area contributed by atoms with E-state index in [-0.39, 0.29) is 18.7 Å². The van der Waals surface area contributed by atoms with E-state index in [1.807, 2.05) is 30.3 Å². The highest BCUT2D eigenvalue weighted by Crippen LogP contribution is 2.20. The van der Waals surface area contributed by atoms with Crippen LogP contribution in [0.3, 0.4) is 0 Å². The molecule has 0 fully saturated rings. The number of nitrogens with zero attached hydrogens (tertiary/aromatic N) is 1. The fraction of sp³-hybridized carbons (Fsp3) is 0.458. The van der Waals surface area contributed by atoms with Crippen LogP contribution in [0.2, 0.25) is 0 Å². The first kappa shape index (κ1) is 22.7. The number of anilines is 1. The van der Waals surface area contributed by atoms with Crippen LogP contribution in [0.15, 0.2) is 42.5 Å². The maximum atomic E-state index is 12.1. The number of carbonyl (C=O) groups is 2. The molecule has 2 heterocycles. The summed E-state index contributed by atoms with van der Waals surface area (Å²) in [6.45, 7) is 1.85. The molecule has 0 saturated carbocycles. The second kappa shape index (κ2) is 12.1. The predicted octanol–water partition coefficient (Wildman–Crippen LogP) is 2.98. The van der Waals surface area contributed by atoms with Gasteiger partial charge in [0.1, 0.15) is 11.9 Å². The highest BCUT2D eigenvalue weighted by atomic mass is 16.5. The highest BCUT2D eigenvalue weighted by molar-refractivity contribution is 5.84. The number of hydrogen-bond acceptors (Lipinski definition) is 5. The van der Waals surface area contributed by atoms with Gasteiger partial charge in [-0.25, -0.2) is 9.78 Å². The average molecular weight is 426 g/mol.